The molecule has 0 saturated carbocycles. The van der Waals surface area contributed by atoms with E-state index < -0.39 is 18.0 Å². The van der Waals surface area contributed by atoms with Crippen LogP contribution in [-0.4, -0.2) is 64.2 Å². The van der Waals surface area contributed by atoms with Crippen LogP contribution in [0.5, 0.6) is 0 Å². The number of morpholine rings is 1. The molecule has 2 amide bonds. The molecule has 1 aliphatic rings. The Hall–Kier alpha value is -3.80. The van der Waals surface area contributed by atoms with Crippen LogP contribution >= 0.6 is 0 Å². The predicted octanol–water partition coefficient (Wildman–Crippen LogP) is 2.42. The Morgan fingerprint density at radius 2 is 1.82 bits per heavy atom. The van der Waals surface area contributed by atoms with Gasteiger partial charge in [0.2, 0.25) is 5.82 Å². The molecular weight excluding hydrogens is 443 g/mol. The molecular formula is C21H18F3N5O4. The van der Waals surface area contributed by atoms with E-state index in [1.165, 1.54) is 36.7 Å². The van der Waals surface area contributed by atoms with Crippen LogP contribution in [0.3, 0.4) is 0 Å². The number of nitrogens with one attached hydrogen (secondary N) is 1. The van der Waals surface area contributed by atoms with Gasteiger partial charge < -0.3 is 19.5 Å². The van der Waals surface area contributed by atoms with Crippen LogP contribution in [0, 0.1) is 0 Å². The summed E-state index contributed by atoms with van der Waals surface area (Å²) in [5.74, 6) is -2.27. The summed E-state index contributed by atoms with van der Waals surface area (Å²) in [6.07, 6.45) is -1.67. The third kappa shape index (κ3) is 5.17. The summed E-state index contributed by atoms with van der Waals surface area (Å²) in [4.78, 5) is 34.2. The van der Waals surface area contributed by atoms with E-state index in [0.29, 0.717) is 18.7 Å². The van der Waals surface area contributed by atoms with Gasteiger partial charge in [-0.1, -0.05) is 17.3 Å². The molecule has 1 aromatic carbocycles. The number of carbonyl (C=O) groups is 2. The molecule has 3 heterocycles. The Bertz CT molecular complexity index is 1120. The first kappa shape index (κ1) is 22.4. The van der Waals surface area contributed by atoms with Gasteiger partial charge in [-0.15, -0.1) is 0 Å². The predicted molar refractivity (Wildman–Crippen MR) is 107 cm³/mol. The van der Waals surface area contributed by atoms with Gasteiger partial charge in [-0.05, 0) is 24.3 Å². The van der Waals surface area contributed by atoms with Gasteiger partial charge in [0.15, 0.2) is 0 Å². The number of alkyl halides is 3. The number of halogens is 3. The molecule has 1 aliphatic heterocycles. The average Bonchev–Trinajstić information content (AvgIpc) is 3.34. The first-order chi connectivity index (χ1) is 15.8. The molecule has 1 unspecified atom stereocenters. The highest BCUT2D eigenvalue weighted by molar-refractivity contribution is 5.95. The minimum Gasteiger partial charge on any atom is -0.377 e. The summed E-state index contributed by atoms with van der Waals surface area (Å²) >= 11 is 0. The molecule has 0 spiro atoms. The van der Waals surface area contributed by atoms with Crippen LogP contribution in [0.15, 0.2) is 53.3 Å². The lowest BCUT2D eigenvalue weighted by Crippen LogP contribution is -2.53. The standard InChI is InChI=1S/C21H18F3N5O4/c22-21(23,24)20-27-17(28-33-20)13-1-3-14(4-2-13)18(30)26-11-16-12-32-10-9-29(16)19(31)15-5-7-25-8-6-15/h1-8,16H,9-12H2,(H,26,30). The van der Waals surface area contributed by atoms with Gasteiger partial charge in [-0.25, -0.2) is 0 Å². The van der Waals surface area contributed by atoms with Crippen LogP contribution in [-0.2, 0) is 10.9 Å². The molecule has 2 aromatic heterocycles. The highest BCUT2D eigenvalue weighted by atomic mass is 19.4. The van der Waals surface area contributed by atoms with Gasteiger partial charge in [0, 0.05) is 42.2 Å². The second-order valence-corrected chi connectivity index (χ2v) is 7.17. The second kappa shape index (κ2) is 9.36. The molecule has 0 aliphatic carbocycles. The third-order valence-electron chi connectivity index (χ3n) is 4.99. The molecule has 33 heavy (non-hydrogen) atoms. The van der Waals surface area contributed by atoms with Crippen molar-refractivity contribution in [2.24, 2.45) is 0 Å². The minimum atomic E-state index is -4.74. The number of nitrogens with zero attached hydrogens (tertiary/aromatic N) is 4. The van der Waals surface area contributed by atoms with E-state index in [-0.39, 0.29) is 42.1 Å². The lowest BCUT2D eigenvalue weighted by molar-refractivity contribution is -0.159. The number of hydrogen-bond donors (Lipinski definition) is 1. The van der Waals surface area contributed by atoms with Gasteiger partial charge in [0.1, 0.15) is 0 Å². The normalized spacial score (nSPS) is 16.5. The highest BCUT2D eigenvalue weighted by Gasteiger charge is 2.38. The Morgan fingerprint density at radius 3 is 2.48 bits per heavy atom. The van der Waals surface area contributed by atoms with Crippen molar-refractivity contribution in [3.63, 3.8) is 0 Å². The van der Waals surface area contributed by atoms with E-state index in [0.717, 1.165) is 0 Å². The smallest absolute Gasteiger partial charge is 0.377 e. The van der Waals surface area contributed by atoms with Gasteiger partial charge in [0.25, 0.3) is 11.8 Å². The van der Waals surface area contributed by atoms with Gasteiger partial charge in [-0.2, -0.15) is 18.2 Å². The molecule has 0 radical (unpaired) electrons. The Balaban J connectivity index is 1.38. The van der Waals surface area contributed by atoms with Crippen LogP contribution in [0.1, 0.15) is 26.6 Å². The zero-order valence-corrected chi connectivity index (χ0v) is 17.1. The van der Waals surface area contributed by atoms with Gasteiger partial charge in [0.05, 0.1) is 19.3 Å². The third-order valence-corrected chi connectivity index (χ3v) is 4.99. The van der Waals surface area contributed by atoms with Crippen LogP contribution in [0.4, 0.5) is 13.2 Å². The zero-order chi connectivity index (χ0) is 23.4. The summed E-state index contributed by atoms with van der Waals surface area (Å²) in [5, 5.41) is 6.08. The van der Waals surface area contributed by atoms with Crippen molar-refractivity contribution in [2.45, 2.75) is 12.2 Å². The van der Waals surface area contributed by atoms with E-state index in [9.17, 15) is 22.8 Å². The van der Waals surface area contributed by atoms with Crippen LogP contribution in [0.25, 0.3) is 11.4 Å². The monoisotopic (exact) mass is 461 g/mol. The maximum absolute atomic E-state index is 12.8. The van der Waals surface area contributed by atoms with Crippen molar-refractivity contribution >= 4 is 11.8 Å². The number of pyridine rings is 1. The van der Waals surface area contributed by atoms with Crippen LogP contribution in [0.2, 0.25) is 0 Å². The van der Waals surface area contributed by atoms with E-state index in [2.05, 4.69) is 25.0 Å². The number of rotatable bonds is 5. The number of amides is 2. The molecule has 172 valence electrons. The van der Waals surface area contributed by atoms with Crippen LogP contribution < -0.4 is 5.32 Å². The van der Waals surface area contributed by atoms with Crippen molar-refractivity contribution in [3.05, 3.63) is 65.8 Å². The van der Waals surface area contributed by atoms with E-state index >= 15 is 0 Å². The quantitative estimate of drug-likeness (QED) is 0.621. The first-order valence-corrected chi connectivity index (χ1v) is 9.91. The summed E-state index contributed by atoms with van der Waals surface area (Å²) in [6, 6.07) is 8.60. The summed E-state index contributed by atoms with van der Waals surface area (Å²) in [5.41, 5.74) is 1.04. The first-order valence-electron chi connectivity index (χ1n) is 9.91. The molecule has 9 nitrogen and oxygen atoms in total. The molecule has 1 N–H and O–H groups in total. The minimum absolute atomic E-state index is 0.164. The number of hydrogen-bond acceptors (Lipinski definition) is 7. The van der Waals surface area contributed by atoms with E-state index in [4.69, 9.17) is 4.74 Å². The van der Waals surface area contributed by atoms with Crippen molar-refractivity contribution in [3.8, 4) is 11.4 Å². The molecule has 3 aromatic rings. The second-order valence-electron chi connectivity index (χ2n) is 7.17. The number of ether oxygens (including phenoxy) is 1. The van der Waals surface area contributed by atoms with Crippen molar-refractivity contribution in [1.29, 1.82) is 0 Å². The highest BCUT2D eigenvalue weighted by Crippen LogP contribution is 2.29. The van der Waals surface area contributed by atoms with Gasteiger partial charge >= 0.3 is 12.1 Å². The summed E-state index contributed by atoms with van der Waals surface area (Å²) < 4.78 is 47.5. The average molecular weight is 461 g/mol. The SMILES string of the molecule is O=C(NCC1COCCN1C(=O)c1ccncc1)c1ccc(-c2noc(C(F)(F)F)n2)cc1. The van der Waals surface area contributed by atoms with Crippen molar-refractivity contribution < 1.29 is 32.0 Å². The number of aromatic nitrogens is 3. The van der Waals surface area contributed by atoms with E-state index in [1.807, 2.05) is 0 Å². The lowest BCUT2D eigenvalue weighted by atomic mass is 10.1. The summed E-state index contributed by atoms with van der Waals surface area (Å²) in [7, 11) is 0. The number of benzene rings is 1. The van der Waals surface area contributed by atoms with Gasteiger partial charge in [-0.3, -0.25) is 14.6 Å². The maximum Gasteiger partial charge on any atom is 0.471 e. The molecule has 1 fully saturated rings. The molecule has 4 rings (SSSR count). The largest absolute Gasteiger partial charge is 0.471 e. The zero-order valence-electron chi connectivity index (χ0n) is 17.1. The maximum atomic E-state index is 12.8. The van der Waals surface area contributed by atoms with Crippen molar-refractivity contribution in [1.82, 2.24) is 25.3 Å². The Morgan fingerprint density at radius 1 is 1.09 bits per heavy atom. The summed E-state index contributed by atoms with van der Waals surface area (Å²) in [6.45, 7) is 1.22. The Labute approximate surface area is 185 Å². The van der Waals surface area contributed by atoms with Crippen molar-refractivity contribution in [2.75, 3.05) is 26.3 Å². The fourth-order valence-corrected chi connectivity index (χ4v) is 3.29. The Kier molecular flexibility index (Phi) is 6.36. The molecule has 12 heteroatoms. The topological polar surface area (TPSA) is 110 Å². The lowest BCUT2D eigenvalue weighted by Gasteiger charge is -2.35. The molecule has 0 bridgehead atoms. The molecule has 1 saturated heterocycles. The number of carbonyl (C=O) groups excluding carboxylic acids is 2. The molecule has 1 atom stereocenters. The fourth-order valence-electron chi connectivity index (χ4n) is 3.29. The fraction of sp³-hybridized carbons (Fsp3) is 0.286. The van der Waals surface area contributed by atoms with E-state index in [1.54, 1.807) is 17.0 Å².